The first-order chi connectivity index (χ1) is 14.1. The number of hydrogen-bond donors (Lipinski definition) is 1. The molecule has 30 heavy (non-hydrogen) atoms. The Labute approximate surface area is 170 Å². The first kappa shape index (κ1) is 21.2. The number of benzene rings is 1. The van der Waals surface area contributed by atoms with Crippen LogP contribution in [0, 0.1) is 0 Å². The van der Waals surface area contributed by atoms with E-state index in [1.165, 1.54) is 61.3 Å². The van der Waals surface area contributed by atoms with Gasteiger partial charge in [0.15, 0.2) is 11.6 Å². The molecule has 5 nitrogen and oxygen atoms in total. The Bertz CT molecular complexity index is 1100. The van der Waals surface area contributed by atoms with Crippen molar-refractivity contribution in [2.45, 2.75) is 25.7 Å². The second-order valence-electron chi connectivity index (χ2n) is 6.70. The highest BCUT2D eigenvalue weighted by Gasteiger charge is 2.35. The van der Waals surface area contributed by atoms with E-state index in [0.29, 0.717) is 5.56 Å². The minimum atomic E-state index is -3.31. The lowest BCUT2D eigenvalue weighted by Crippen LogP contribution is -2.16. The van der Waals surface area contributed by atoms with Crippen LogP contribution >= 0.6 is 0 Å². The molecular weight excluding hydrogens is 398 g/mol. The third-order valence-electron chi connectivity index (χ3n) is 4.42. The highest BCUT2D eigenvalue weighted by atomic mass is 19.3. The van der Waals surface area contributed by atoms with Gasteiger partial charge in [-0.2, -0.15) is 17.6 Å². The third-order valence-corrected chi connectivity index (χ3v) is 4.42. The number of nitrogen functional groups attached to an aromatic ring is 1. The lowest BCUT2D eigenvalue weighted by atomic mass is 9.98. The number of rotatable bonds is 6. The van der Waals surface area contributed by atoms with Crippen LogP contribution < -0.4 is 5.73 Å². The van der Waals surface area contributed by atoms with E-state index >= 15 is 0 Å². The summed E-state index contributed by atoms with van der Waals surface area (Å²) in [7, 11) is 0. The van der Waals surface area contributed by atoms with Crippen molar-refractivity contribution in [1.29, 1.82) is 0 Å². The van der Waals surface area contributed by atoms with Gasteiger partial charge in [-0.1, -0.05) is 12.7 Å². The molecule has 0 radical (unpaired) electrons. The van der Waals surface area contributed by atoms with Gasteiger partial charge in [0.05, 0.1) is 0 Å². The average molecular weight is 417 g/mol. The SMILES string of the molecule is C=C(C)C(F)(F)c1cc(-c2ncn(-c3ccc(C(F)(F)/C=C/C)cn3)n2)ccc1N. The Hall–Kier alpha value is -3.49. The molecule has 0 bridgehead atoms. The van der Waals surface area contributed by atoms with E-state index in [0.717, 1.165) is 12.3 Å². The molecule has 3 aromatic rings. The summed E-state index contributed by atoms with van der Waals surface area (Å²) in [6.07, 6.45) is 4.40. The summed E-state index contributed by atoms with van der Waals surface area (Å²) in [4.78, 5) is 8.10. The molecule has 156 valence electrons. The molecule has 0 saturated heterocycles. The van der Waals surface area contributed by atoms with Gasteiger partial charge in [0.25, 0.3) is 11.8 Å². The number of halogens is 4. The molecule has 0 saturated carbocycles. The number of pyridine rings is 1. The monoisotopic (exact) mass is 417 g/mol. The highest BCUT2D eigenvalue weighted by Crippen LogP contribution is 2.39. The molecule has 2 aromatic heterocycles. The summed E-state index contributed by atoms with van der Waals surface area (Å²) < 4.78 is 57.8. The average Bonchev–Trinajstić information content (AvgIpc) is 3.18. The minimum Gasteiger partial charge on any atom is -0.398 e. The molecular formula is C21H19F4N5. The largest absolute Gasteiger partial charge is 0.398 e. The lowest BCUT2D eigenvalue weighted by Gasteiger charge is -2.19. The second kappa shape index (κ2) is 7.74. The van der Waals surface area contributed by atoms with Crippen molar-refractivity contribution < 1.29 is 17.6 Å². The highest BCUT2D eigenvalue weighted by molar-refractivity contribution is 5.64. The maximum Gasteiger partial charge on any atom is 0.296 e. The number of hydrogen-bond acceptors (Lipinski definition) is 4. The summed E-state index contributed by atoms with van der Waals surface area (Å²) in [6.45, 7) is 6.04. The molecule has 0 aliphatic carbocycles. The summed E-state index contributed by atoms with van der Waals surface area (Å²) in [5.74, 6) is -6.04. The Morgan fingerprint density at radius 1 is 1.13 bits per heavy atom. The first-order valence-electron chi connectivity index (χ1n) is 8.90. The van der Waals surface area contributed by atoms with Gasteiger partial charge in [-0.15, -0.1) is 5.10 Å². The summed E-state index contributed by atoms with van der Waals surface area (Å²) in [5.41, 5.74) is 4.95. The molecule has 0 spiro atoms. The van der Waals surface area contributed by atoms with Crippen LogP contribution in [0.5, 0.6) is 0 Å². The molecule has 0 unspecified atom stereocenters. The van der Waals surface area contributed by atoms with Crippen LogP contribution in [-0.4, -0.2) is 19.7 Å². The molecule has 0 atom stereocenters. The Morgan fingerprint density at radius 3 is 2.47 bits per heavy atom. The van der Waals surface area contributed by atoms with Crippen LogP contribution in [0.15, 0.2) is 67.2 Å². The van der Waals surface area contributed by atoms with Crippen LogP contribution in [0.2, 0.25) is 0 Å². The van der Waals surface area contributed by atoms with Gasteiger partial charge in [-0.3, -0.25) is 0 Å². The fourth-order valence-electron chi connectivity index (χ4n) is 2.73. The van der Waals surface area contributed by atoms with Crippen molar-refractivity contribution in [3.05, 3.63) is 78.3 Å². The smallest absolute Gasteiger partial charge is 0.296 e. The first-order valence-corrected chi connectivity index (χ1v) is 8.90. The lowest BCUT2D eigenvalue weighted by molar-refractivity contribution is 0.0394. The third kappa shape index (κ3) is 3.96. The summed E-state index contributed by atoms with van der Waals surface area (Å²) in [5, 5.41) is 4.21. The zero-order valence-corrected chi connectivity index (χ0v) is 16.3. The maximum absolute atomic E-state index is 14.4. The topological polar surface area (TPSA) is 69.6 Å². The zero-order valence-electron chi connectivity index (χ0n) is 16.3. The van der Waals surface area contributed by atoms with Crippen LogP contribution in [0.4, 0.5) is 23.2 Å². The second-order valence-corrected chi connectivity index (χ2v) is 6.70. The summed E-state index contributed by atoms with van der Waals surface area (Å²) >= 11 is 0. The van der Waals surface area contributed by atoms with Crippen LogP contribution in [0.25, 0.3) is 17.2 Å². The number of nitrogens with zero attached hydrogens (tertiary/aromatic N) is 4. The van der Waals surface area contributed by atoms with Crippen molar-refractivity contribution >= 4 is 5.69 Å². The number of alkyl halides is 4. The van der Waals surface area contributed by atoms with Crippen LogP contribution in [0.3, 0.4) is 0 Å². The maximum atomic E-state index is 14.4. The van der Waals surface area contributed by atoms with Gasteiger partial charge in [-0.05, 0) is 55.8 Å². The summed E-state index contributed by atoms with van der Waals surface area (Å²) in [6, 6.07) is 6.67. The van der Waals surface area contributed by atoms with E-state index in [2.05, 4.69) is 21.6 Å². The van der Waals surface area contributed by atoms with Gasteiger partial charge in [0.2, 0.25) is 0 Å². The van der Waals surface area contributed by atoms with Crippen molar-refractivity contribution in [2.24, 2.45) is 0 Å². The van der Waals surface area contributed by atoms with Gasteiger partial charge >= 0.3 is 0 Å². The van der Waals surface area contributed by atoms with E-state index < -0.39 is 17.4 Å². The molecule has 0 amide bonds. The molecule has 0 aliphatic rings. The van der Waals surface area contributed by atoms with Crippen molar-refractivity contribution in [3.63, 3.8) is 0 Å². The van der Waals surface area contributed by atoms with Gasteiger partial charge in [0.1, 0.15) is 6.33 Å². The van der Waals surface area contributed by atoms with Gasteiger partial charge < -0.3 is 5.73 Å². The molecule has 2 heterocycles. The normalized spacial score (nSPS) is 12.5. The molecule has 0 fully saturated rings. The van der Waals surface area contributed by atoms with Crippen molar-refractivity contribution in [3.8, 4) is 17.2 Å². The predicted octanol–water partition coefficient (Wildman–Crippen LogP) is 5.25. The molecule has 2 N–H and O–H groups in total. The zero-order chi connectivity index (χ0) is 22.1. The van der Waals surface area contributed by atoms with Gasteiger partial charge in [-0.25, -0.2) is 14.6 Å². The number of nitrogens with two attached hydrogens (primary N) is 1. The molecule has 3 rings (SSSR count). The molecule has 9 heteroatoms. The fourth-order valence-corrected chi connectivity index (χ4v) is 2.73. The van der Waals surface area contributed by atoms with Crippen molar-refractivity contribution in [1.82, 2.24) is 19.7 Å². The van der Waals surface area contributed by atoms with E-state index in [-0.39, 0.29) is 28.5 Å². The van der Waals surface area contributed by atoms with E-state index in [1.54, 1.807) is 0 Å². The van der Waals surface area contributed by atoms with E-state index in [4.69, 9.17) is 5.73 Å². The standard InChI is InChI=1S/C21H19F4N5/c1-4-9-20(22,23)15-6-8-18(27-11-15)30-12-28-19(29-30)14-5-7-17(26)16(10-14)21(24,25)13(2)3/h4-12H,2,26H2,1,3H3/b9-4+. The number of allylic oxidation sites excluding steroid dienone is 3. The Morgan fingerprint density at radius 2 is 1.87 bits per heavy atom. The minimum absolute atomic E-state index is 0.0782. The Kier molecular flexibility index (Phi) is 5.47. The van der Waals surface area contributed by atoms with Gasteiger partial charge in [0, 0.05) is 28.6 Å². The van der Waals surface area contributed by atoms with Crippen molar-refractivity contribution in [2.75, 3.05) is 5.73 Å². The predicted molar refractivity (Wildman–Crippen MR) is 106 cm³/mol. The number of anilines is 1. The number of aromatic nitrogens is 4. The van der Waals surface area contributed by atoms with Crippen LogP contribution in [-0.2, 0) is 11.8 Å². The Balaban J connectivity index is 1.93. The van der Waals surface area contributed by atoms with Crippen LogP contribution in [0.1, 0.15) is 25.0 Å². The molecule has 0 aliphatic heterocycles. The fraction of sp³-hybridized carbons (Fsp3) is 0.190. The quantitative estimate of drug-likeness (QED) is 0.338. The van der Waals surface area contributed by atoms with E-state index in [1.807, 2.05) is 0 Å². The molecule has 1 aromatic carbocycles. The van der Waals surface area contributed by atoms with E-state index in [9.17, 15) is 17.6 Å².